The van der Waals surface area contributed by atoms with Crippen molar-refractivity contribution >= 4 is 5.97 Å². The highest BCUT2D eigenvalue weighted by Gasteiger charge is 2.40. The van der Waals surface area contributed by atoms with E-state index in [9.17, 15) is 4.79 Å². The van der Waals surface area contributed by atoms with Crippen LogP contribution in [-0.2, 0) is 14.4 Å². The van der Waals surface area contributed by atoms with Gasteiger partial charge in [0.25, 0.3) is 0 Å². The fourth-order valence-corrected chi connectivity index (χ4v) is 1.23. The molecule has 0 saturated heterocycles. The van der Waals surface area contributed by atoms with Crippen LogP contribution in [0.15, 0.2) is 0 Å². The number of methoxy groups -OCH3 is 1. The van der Waals surface area contributed by atoms with Crippen molar-refractivity contribution in [2.24, 2.45) is 11.8 Å². The van der Waals surface area contributed by atoms with E-state index in [4.69, 9.17) is 15.7 Å². The summed E-state index contributed by atoms with van der Waals surface area (Å²) in [5.74, 6) is 4.07. The first-order valence-electron chi connectivity index (χ1n) is 4.08. The molecule has 0 spiro atoms. The molecule has 13 heavy (non-hydrogen) atoms. The third-order valence-corrected chi connectivity index (χ3v) is 1.73. The van der Waals surface area contributed by atoms with Gasteiger partial charge in [-0.15, -0.1) is 0 Å². The van der Waals surface area contributed by atoms with Crippen molar-refractivity contribution in [3.8, 4) is 0 Å². The first-order valence-corrected chi connectivity index (χ1v) is 4.08. The third kappa shape index (κ3) is 3.30. The summed E-state index contributed by atoms with van der Waals surface area (Å²) in [6.07, 6.45) is 0.326. The lowest BCUT2D eigenvalue weighted by Crippen LogP contribution is -2.48. The van der Waals surface area contributed by atoms with Gasteiger partial charge < -0.3 is 9.84 Å². The summed E-state index contributed by atoms with van der Waals surface area (Å²) in [4.78, 5) is 15.4. The van der Waals surface area contributed by atoms with Gasteiger partial charge in [-0.25, -0.2) is 10.7 Å². The quantitative estimate of drug-likeness (QED) is 0.593. The molecule has 0 aliphatic carbocycles. The Hall–Kier alpha value is -0.650. The number of hydrogen-bond donors (Lipinski definition) is 2. The average Bonchev–Trinajstić information content (AvgIpc) is 2.02. The van der Waals surface area contributed by atoms with Gasteiger partial charge in [0.1, 0.15) is 0 Å². The Bertz CT molecular complexity index is 172. The number of carbonyl (C=O) groups is 1. The van der Waals surface area contributed by atoms with E-state index in [2.05, 4.69) is 4.84 Å². The number of hydrogen-bond acceptors (Lipinski definition) is 4. The van der Waals surface area contributed by atoms with Crippen molar-refractivity contribution in [2.45, 2.75) is 25.9 Å². The van der Waals surface area contributed by atoms with Gasteiger partial charge in [0.05, 0.1) is 6.61 Å². The molecule has 0 fully saturated rings. The van der Waals surface area contributed by atoms with Crippen LogP contribution in [-0.4, -0.2) is 30.4 Å². The molecule has 0 amide bonds. The Kier molecular flexibility index (Phi) is 4.90. The van der Waals surface area contributed by atoms with E-state index >= 15 is 0 Å². The molecule has 0 saturated carbocycles. The predicted molar refractivity (Wildman–Crippen MR) is 47.0 cm³/mol. The summed E-state index contributed by atoms with van der Waals surface area (Å²) in [5.41, 5.74) is -1.41. The standard InChI is InChI=1S/C8H17NO4/c1-6(2)4-8(13-9,5-12-3)7(10)11/h6H,4-5,9H2,1-3H3,(H,10,11)/t8-/m1/s1. The van der Waals surface area contributed by atoms with Gasteiger partial charge in [0, 0.05) is 7.11 Å². The number of ether oxygens (including phenoxy) is 1. The van der Waals surface area contributed by atoms with Gasteiger partial charge in [-0.3, -0.25) is 4.84 Å². The van der Waals surface area contributed by atoms with Gasteiger partial charge in [-0.2, -0.15) is 0 Å². The maximum Gasteiger partial charge on any atom is 0.340 e. The minimum atomic E-state index is -1.41. The number of nitrogens with two attached hydrogens (primary N) is 1. The summed E-state index contributed by atoms with van der Waals surface area (Å²) in [5, 5.41) is 8.92. The van der Waals surface area contributed by atoms with Gasteiger partial charge in [-0.1, -0.05) is 13.8 Å². The van der Waals surface area contributed by atoms with Crippen molar-refractivity contribution in [1.29, 1.82) is 0 Å². The number of carboxylic acid groups (broad SMARTS) is 1. The number of rotatable bonds is 6. The third-order valence-electron chi connectivity index (χ3n) is 1.73. The summed E-state index contributed by atoms with van der Waals surface area (Å²) >= 11 is 0. The molecule has 0 radical (unpaired) electrons. The van der Waals surface area contributed by atoms with Crippen molar-refractivity contribution in [1.82, 2.24) is 0 Å². The Morgan fingerprint density at radius 2 is 2.15 bits per heavy atom. The van der Waals surface area contributed by atoms with Crippen LogP contribution in [0, 0.1) is 5.92 Å². The highest BCUT2D eigenvalue weighted by Crippen LogP contribution is 2.20. The van der Waals surface area contributed by atoms with E-state index in [-0.39, 0.29) is 12.5 Å². The summed E-state index contributed by atoms with van der Waals surface area (Å²) in [6.45, 7) is 3.75. The van der Waals surface area contributed by atoms with Crippen LogP contribution in [0.5, 0.6) is 0 Å². The van der Waals surface area contributed by atoms with Crippen molar-refractivity contribution < 1.29 is 19.5 Å². The maximum absolute atomic E-state index is 10.9. The van der Waals surface area contributed by atoms with Crippen LogP contribution >= 0.6 is 0 Å². The molecule has 5 heteroatoms. The molecule has 5 nitrogen and oxygen atoms in total. The lowest BCUT2D eigenvalue weighted by molar-refractivity contribution is -0.177. The normalized spacial score (nSPS) is 15.8. The molecule has 0 aromatic carbocycles. The molecule has 0 rings (SSSR count). The Balaban J connectivity index is 4.54. The summed E-state index contributed by atoms with van der Waals surface area (Å²) in [6, 6.07) is 0. The predicted octanol–water partition coefficient (Wildman–Crippen LogP) is 0.393. The van der Waals surface area contributed by atoms with Crippen LogP contribution in [0.2, 0.25) is 0 Å². The molecule has 0 aliphatic rings. The van der Waals surface area contributed by atoms with Gasteiger partial charge in [-0.05, 0) is 12.3 Å². The Morgan fingerprint density at radius 1 is 1.62 bits per heavy atom. The summed E-state index contributed by atoms with van der Waals surface area (Å²) in [7, 11) is 1.41. The second kappa shape index (κ2) is 5.16. The van der Waals surface area contributed by atoms with E-state index in [1.54, 1.807) is 0 Å². The van der Waals surface area contributed by atoms with E-state index in [0.717, 1.165) is 0 Å². The highest BCUT2D eigenvalue weighted by atomic mass is 16.7. The zero-order valence-electron chi connectivity index (χ0n) is 8.24. The monoisotopic (exact) mass is 191 g/mol. The lowest BCUT2D eigenvalue weighted by Gasteiger charge is -2.27. The molecule has 0 unspecified atom stereocenters. The van der Waals surface area contributed by atoms with Crippen molar-refractivity contribution in [3.05, 3.63) is 0 Å². The SMILES string of the molecule is COC[C@@](CC(C)C)(ON)C(=O)O. The molecule has 0 aromatic heterocycles. The molecule has 0 bridgehead atoms. The first kappa shape index (κ1) is 12.3. The molecule has 78 valence electrons. The smallest absolute Gasteiger partial charge is 0.340 e. The minimum Gasteiger partial charge on any atom is -0.479 e. The van der Waals surface area contributed by atoms with E-state index in [1.165, 1.54) is 7.11 Å². The Labute approximate surface area is 77.8 Å². The van der Waals surface area contributed by atoms with Gasteiger partial charge >= 0.3 is 5.97 Å². The van der Waals surface area contributed by atoms with E-state index in [1.807, 2.05) is 13.8 Å². The fourth-order valence-electron chi connectivity index (χ4n) is 1.23. The summed E-state index contributed by atoms with van der Waals surface area (Å²) < 4.78 is 4.77. The molecule has 0 aliphatic heterocycles. The second-order valence-electron chi connectivity index (χ2n) is 3.45. The van der Waals surface area contributed by atoms with Crippen LogP contribution < -0.4 is 5.90 Å². The van der Waals surface area contributed by atoms with Crippen LogP contribution in [0.25, 0.3) is 0 Å². The number of carboxylic acids is 1. The first-order chi connectivity index (χ1) is 5.98. The van der Waals surface area contributed by atoms with Crippen molar-refractivity contribution in [2.75, 3.05) is 13.7 Å². The van der Waals surface area contributed by atoms with Crippen LogP contribution in [0.1, 0.15) is 20.3 Å². The van der Waals surface area contributed by atoms with Crippen LogP contribution in [0.3, 0.4) is 0 Å². The zero-order chi connectivity index (χ0) is 10.5. The minimum absolute atomic E-state index is 0.0446. The lowest BCUT2D eigenvalue weighted by atomic mass is 9.93. The van der Waals surface area contributed by atoms with Gasteiger partial charge in [0.15, 0.2) is 0 Å². The average molecular weight is 191 g/mol. The molecule has 0 aromatic rings. The van der Waals surface area contributed by atoms with Gasteiger partial charge in [0.2, 0.25) is 5.60 Å². The molecular weight excluding hydrogens is 174 g/mol. The van der Waals surface area contributed by atoms with E-state index < -0.39 is 11.6 Å². The fraction of sp³-hybridized carbons (Fsp3) is 0.875. The topological polar surface area (TPSA) is 81.8 Å². The zero-order valence-corrected chi connectivity index (χ0v) is 8.24. The second-order valence-corrected chi connectivity index (χ2v) is 3.45. The molecule has 3 N–H and O–H groups in total. The largest absolute Gasteiger partial charge is 0.479 e. The molecule has 1 atom stereocenters. The highest BCUT2D eigenvalue weighted by molar-refractivity contribution is 5.77. The molecular formula is C8H17NO4. The van der Waals surface area contributed by atoms with Crippen molar-refractivity contribution in [3.63, 3.8) is 0 Å². The maximum atomic E-state index is 10.9. The van der Waals surface area contributed by atoms with Crippen LogP contribution in [0.4, 0.5) is 0 Å². The Morgan fingerprint density at radius 3 is 2.38 bits per heavy atom. The number of aliphatic carboxylic acids is 1. The van der Waals surface area contributed by atoms with E-state index in [0.29, 0.717) is 6.42 Å². The molecule has 0 heterocycles.